The predicted octanol–water partition coefficient (Wildman–Crippen LogP) is -0.0289. The average molecular weight is 171 g/mol. The van der Waals surface area contributed by atoms with E-state index in [-0.39, 0.29) is 5.54 Å². The molecule has 0 aromatic heterocycles. The first kappa shape index (κ1) is 9.96. The van der Waals surface area contributed by atoms with Crippen LogP contribution in [0.1, 0.15) is 13.3 Å². The Morgan fingerprint density at radius 1 is 1.58 bits per heavy atom. The van der Waals surface area contributed by atoms with Gasteiger partial charge in [0.1, 0.15) is 0 Å². The molecule has 0 saturated carbocycles. The SMILES string of the molecule is CCN(C)C1(CN)CCN(C)C1. The lowest BCUT2D eigenvalue weighted by Crippen LogP contribution is -2.53. The number of nitrogens with zero attached hydrogens (tertiary/aromatic N) is 2. The first-order chi connectivity index (χ1) is 5.64. The third-order valence-corrected chi connectivity index (χ3v) is 3.19. The first-order valence-corrected chi connectivity index (χ1v) is 4.74. The molecule has 72 valence electrons. The molecule has 0 radical (unpaired) electrons. The summed E-state index contributed by atoms with van der Waals surface area (Å²) in [6.07, 6.45) is 1.21. The van der Waals surface area contributed by atoms with E-state index in [1.54, 1.807) is 0 Å². The maximum Gasteiger partial charge on any atom is 0.0467 e. The molecule has 1 aliphatic rings. The molecule has 1 rings (SSSR count). The third kappa shape index (κ3) is 1.63. The van der Waals surface area contributed by atoms with Crippen molar-refractivity contribution in [3.05, 3.63) is 0 Å². The minimum atomic E-state index is 0.253. The molecule has 2 N–H and O–H groups in total. The molecule has 0 amide bonds. The number of nitrogens with two attached hydrogens (primary N) is 1. The van der Waals surface area contributed by atoms with Gasteiger partial charge in [0.15, 0.2) is 0 Å². The summed E-state index contributed by atoms with van der Waals surface area (Å²) in [4.78, 5) is 4.75. The molecule has 1 saturated heterocycles. The minimum Gasteiger partial charge on any atom is -0.329 e. The topological polar surface area (TPSA) is 32.5 Å². The van der Waals surface area contributed by atoms with E-state index in [9.17, 15) is 0 Å². The van der Waals surface area contributed by atoms with Gasteiger partial charge in [0.05, 0.1) is 0 Å². The van der Waals surface area contributed by atoms with Gasteiger partial charge in [-0.2, -0.15) is 0 Å². The Bertz CT molecular complexity index is 149. The Balaban J connectivity index is 2.63. The van der Waals surface area contributed by atoms with Crippen molar-refractivity contribution >= 4 is 0 Å². The summed E-state index contributed by atoms with van der Waals surface area (Å²) in [6.45, 7) is 6.36. The van der Waals surface area contributed by atoms with Crippen LogP contribution in [0.4, 0.5) is 0 Å². The molecule has 3 nitrogen and oxygen atoms in total. The van der Waals surface area contributed by atoms with Crippen molar-refractivity contribution in [2.75, 3.05) is 40.3 Å². The highest BCUT2D eigenvalue weighted by atomic mass is 15.3. The van der Waals surface area contributed by atoms with Gasteiger partial charge in [0.2, 0.25) is 0 Å². The average Bonchev–Trinajstić information content (AvgIpc) is 2.47. The van der Waals surface area contributed by atoms with Crippen LogP contribution in [-0.4, -0.2) is 55.6 Å². The zero-order chi connectivity index (χ0) is 9.19. The van der Waals surface area contributed by atoms with Crippen molar-refractivity contribution < 1.29 is 0 Å². The second-order valence-corrected chi connectivity index (χ2v) is 3.93. The Kier molecular flexibility index (Phi) is 3.09. The Labute approximate surface area is 75.5 Å². The zero-order valence-corrected chi connectivity index (χ0v) is 8.51. The van der Waals surface area contributed by atoms with Gasteiger partial charge >= 0.3 is 0 Å². The van der Waals surface area contributed by atoms with Gasteiger partial charge in [-0.3, -0.25) is 4.90 Å². The molecule has 3 heteroatoms. The molecule has 0 aromatic rings. The molecule has 1 fully saturated rings. The third-order valence-electron chi connectivity index (χ3n) is 3.19. The minimum absolute atomic E-state index is 0.253. The summed E-state index contributed by atoms with van der Waals surface area (Å²) in [6, 6.07) is 0. The fourth-order valence-electron chi connectivity index (χ4n) is 2.03. The van der Waals surface area contributed by atoms with Gasteiger partial charge < -0.3 is 10.6 Å². The van der Waals surface area contributed by atoms with E-state index in [1.165, 1.54) is 13.0 Å². The molecule has 1 unspecified atom stereocenters. The van der Waals surface area contributed by atoms with Crippen LogP contribution in [-0.2, 0) is 0 Å². The second kappa shape index (κ2) is 3.73. The summed E-state index contributed by atoms with van der Waals surface area (Å²) in [5.74, 6) is 0. The lowest BCUT2D eigenvalue weighted by molar-refractivity contribution is 0.141. The van der Waals surface area contributed by atoms with Gasteiger partial charge in [-0.15, -0.1) is 0 Å². The maximum atomic E-state index is 5.84. The molecular formula is C9H21N3. The van der Waals surface area contributed by atoms with Crippen molar-refractivity contribution in [3.63, 3.8) is 0 Å². The number of likely N-dealkylation sites (tertiary alicyclic amines) is 1. The van der Waals surface area contributed by atoms with E-state index in [4.69, 9.17) is 5.73 Å². The van der Waals surface area contributed by atoms with Crippen LogP contribution in [0, 0.1) is 0 Å². The highest BCUT2D eigenvalue weighted by molar-refractivity contribution is 4.97. The van der Waals surface area contributed by atoms with E-state index in [0.717, 1.165) is 19.6 Å². The fraction of sp³-hybridized carbons (Fsp3) is 1.00. The molecule has 12 heavy (non-hydrogen) atoms. The van der Waals surface area contributed by atoms with E-state index in [1.807, 2.05) is 0 Å². The number of hydrogen-bond acceptors (Lipinski definition) is 3. The smallest absolute Gasteiger partial charge is 0.0467 e. The van der Waals surface area contributed by atoms with Crippen molar-refractivity contribution in [2.45, 2.75) is 18.9 Å². The Morgan fingerprint density at radius 2 is 2.25 bits per heavy atom. The largest absolute Gasteiger partial charge is 0.329 e. The van der Waals surface area contributed by atoms with Crippen molar-refractivity contribution in [3.8, 4) is 0 Å². The molecule has 0 spiro atoms. The van der Waals surface area contributed by atoms with Gasteiger partial charge in [0.25, 0.3) is 0 Å². The monoisotopic (exact) mass is 171 g/mol. The highest BCUT2D eigenvalue weighted by Gasteiger charge is 2.38. The number of hydrogen-bond donors (Lipinski definition) is 1. The summed E-state index contributed by atoms with van der Waals surface area (Å²) >= 11 is 0. The molecule has 0 aliphatic carbocycles. The summed E-state index contributed by atoms with van der Waals surface area (Å²) in [7, 11) is 4.34. The Morgan fingerprint density at radius 3 is 2.58 bits per heavy atom. The van der Waals surface area contributed by atoms with Crippen LogP contribution < -0.4 is 5.73 Å². The van der Waals surface area contributed by atoms with Crippen LogP contribution in [0.15, 0.2) is 0 Å². The molecule has 1 heterocycles. The fourth-order valence-corrected chi connectivity index (χ4v) is 2.03. The lowest BCUT2D eigenvalue weighted by atomic mass is 9.97. The van der Waals surface area contributed by atoms with Crippen molar-refractivity contribution in [2.24, 2.45) is 5.73 Å². The summed E-state index contributed by atoms with van der Waals surface area (Å²) in [5, 5.41) is 0. The first-order valence-electron chi connectivity index (χ1n) is 4.74. The predicted molar refractivity (Wildman–Crippen MR) is 52.2 cm³/mol. The van der Waals surface area contributed by atoms with Gasteiger partial charge in [0, 0.05) is 18.6 Å². The lowest BCUT2D eigenvalue weighted by Gasteiger charge is -2.37. The van der Waals surface area contributed by atoms with E-state index < -0.39 is 0 Å². The maximum absolute atomic E-state index is 5.84. The highest BCUT2D eigenvalue weighted by Crippen LogP contribution is 2.24. The van der Waals surface area contributed by atoms with Gasteiger partial charge in [-0.25, -0.2) is 0 Å². The normalized spacial score (nSPS) is 31.8. The summed E-state index contributed by atoms with van der Waals surface area (Å²) < 4.78 is 0. The number of rotatable bonds is 3. The van der Waals surface area contributed by atoms with Crippen molar-refractivity contribution in [1.29, 1.82) is 0 Å². The van der Waals surface area contributed by atoms with Crippen LogP contribution in [0.5, 0.6) is 0 Å². The number of likely N-dealkylation sites (N-methyl/N-ethyl adjacent to an activating group) is 2. The van der Waals surface area contributed by atoms with E-state index in [0.29, 0.717) is 0 Å². The quantitative estimate of drug-likeness (QED) is 0.647. The van der Waals surface area contributed by atoms with Crippen LogP contribution in [0.3, 0.4) is 0 Å². The van der Waals surface area contributed by atoms with Gasteiger partial charge in [-0.1, -0.05) is 6.92 Å². The van der Waals surface area contributed by atoms with Crippen molar-refractivity contribution in [1.82, 2.24) is 9.80 Å². The molecule has 0 bridgehead atoms. The molecule has 1 atom stereocenters. The molecular weight excluding hydrogens is 150 g/mol. The standard InChI is InChI=1S/C9H21N3/c1-4-12(3)9(7-10)5-6-11(2)8-9/h4-8,10H2,1-3H3. The van der Waals surface area contributed by atoms with Crippen LogP contribution in [0.2, 0.25) is 0 Å². The summed E-state index contributed by atoms with van der Waals surface area (Å²) in [5.41, 5.74) is 6.09. The molecule has 0 aromatic carbocycles. The van der Waals surface area contributed by atoms with Crippen LogP contribution >= 0.6 is 0 Å². The second-order valence-electron chi connectivity index (χ2n) is 3.93. The molecule has 1 aliphatic heterocycles. The van der Waals surface area contributed by atoms with Crippen LogP contribution in [0.25, 0.3) is 0 Å². The van der Waals surface area contributed by atoms with E-state index in [2.05, 4.69) is 30.8 Å². The van der Waals surface area contributed by atoms with Gasteiger partial charge in [-0.05, 0) is 33.6 Å². The van der Waals surface area contributed by atoms with E-state index >= 15 is 0 Å². The zero-order valence-electron chi connectivity index (χ0n) is 8.51. The Hall–Kier alpha value is -0.120.